The molecule has 0 spiro atoms. The molecule has 1 aromatic heterocycles. The van der Waals surface area contributed by atoms with Crippen LogP contribution in [0.15, 0.2) is 12.4 Å². The highest BCUT2D eigenvalue weighted by molar-refractivity contribution is 5.04. The molecule has 3 rings (SSSR count). The van der Waals surface area contributed by atoms with Crippen LogP contribution in [0.1, 0.15) is 45.1 Å². The van der Waals surface area contributed by atoms with Gasteiger partial charge in [0.05, 0.1) is 12.8 Å². The Balaban J connectivity index is 1.56. The van der Waals surface area contributed by atoms with E-state index in [1.54, 1.807) is 7.11 Å². The first-order valence-corrected chi connectivity index (χ1v) is 11.4. The number of aromatic nitrogens is 2. The van der Waals surface area contributed by atoms with Crippen LogP contribution in [0.3, 0.4) is 0 Å². The monoisotopic (exact) mass is 391 g/mol. The Morgan fingerprint density at radius 3 is 2.61 bits per heavy atom. The third-order valence-corrected chi connectivity index (χ3v) is 6.63. The minimum absolute atomic E-state index is 0.730. The minimum atomic E-state index is 0.730. The lowest BCUT2D eigenvalue weighted by Crippen LogP contribution is -2.44. The Bertz CT molecular complexity index is 555. The van der Waals surface area contributed by atoms with Crippen molar-refractivity contribution in [3.05, 3.63) is 18.0 Å². The van der Waals surface area contributed by atoms with E-state index in [4.69, 9.17) is 4.74 Å². The molecule has 2 aliphatic rings. The number of piperidine rings is 1. The summed E-state index contributed by atoms with van der Waals surface area (Å²) in [6.45, 7) is 15.7. The van der Waals surface area contributed by atoms with Gasteiger partial charge in [0.1, 0.15) is 0 Å². The largest absolute Gasteiger partial charge is 0.383 e. The quantitative estimate of drug-likeness (QED) is 0.579. The van der Waals surface area contributed by atoms with Crippen LogP contribution < -0.4 is 0 Å². The fourth-order valence-corrected chi connectivity index (χ4v) is 4.92. The zero-order valence-corrected chi connectivity index (χ0v) is 18.4. The molecule has 1 aromatic rings. The van der Waals surface area contributed by atoms with Crippen LogP contribution in [0.25, 0.3) is 0 Å². The van der Waals surface area contributed by atoms with Gasteiger partial charge in [0.2, 0.25) is 0 Å². The van der Waals surface area contributed by atoms with Gasteiger partial charge in [-0.15, -0.1) is 0 Å². The van der Waals surface area contributed by atoms with E-state index >= 15 is 0 Å². The molecule has 2 aliphatic heterocycles. The maximum Gasteiger partial charge on any atom is 0.0589 e. The van der Waals surface area contributed by atoms with Gasteiger partial charge >= 0.3 is 0 Å². The number of hydrogen-bond acceptors (Lipinski definition) is 5. The number of ether oxygens (including phenoxy) is 1. The van der Waals surface area contributed by atoms with E-state index in [1.165, 1.54) is 70.5 Å². The van der Waals surface area contributed by atoms with Crippen LogP contribution in [-0.4, -0.2) is 90.1 Å². The molecule has 0 aromatic carbocycles. The van der Waals surface area contributed by atoms with Crippen LogP contribution in [0, 0.1) is 5.92 Å². The van der Waals surface area contributed by atoms with Crippen molar-refractivity contribution in [1.82, 2.24) is 24.5 Å². The lowest BCUT2D eigenvalue weighted by Gasteiger charge is -2.36. The Hall–Kier alpha value is -0.950. The number of methoxy groups -OCH3 is 1. The molecule has 0 radical (unpaired) electrons. The van der Waals surface area contributed by atoms with Crippen molar-refractivity contribution in [2.24, 2.45) is 5.92 Å². The number of rotatable bonds is 11. The van der Waals surface area contributed by atoms with Gasteiger partial charge in [-0.25, -0.2) is 0 Å². The Kier molecular flexibility index (Phi) is 8.77. The van der Waals surface area contributed by atoms with Crippen LogP contribution >= 0.6 is 0 Å². The first-order chi connectivity index (χ1) is 13.7. The summed E-state index contributed by atoms with van der Waals surface area (Å²) in [4.78, 5) is 7.96. The number of likely N-dealkylation sites (N-methyl/N-ethyl adjacent to an activating group) is 1. The Morgan fingerprint density at radius 2 is 1.93 bits per heavy atom. The molecule has 0 saturated carbocycles. The standard InChI is InChI=1S/C22H41N5O/c1-4-26-10-6-7-22(26)19-25(17-21-15-23-27(5-2)18-21)16-20-8-11-24(12-9-20)13-14-28-3/h15,18,20,22H,4-14,16-17,19H2,1-3H3/t22-/m1/s1. The number of hydrogen-bond donors (Lipinski definition) is 0. The molecule has 6 heteroatoms. The molecule has 0 bridgehead atoms. The van der Waals surface area contributed by atoms with Crippen molar-refractivity contribution in [2.75, 3.05) is 59.5 Å². The summed E-state index contributed by atoms with van der Waals surface area (Å²) in [5.74, 6) is 0.816. The fourth-order valence-electron chi connectivity index (χ4n) is 4.92. The maximum absolute atomic E-state index is 5.25. The smallest absolute Gasteiger partial charge is 0.0589 e. The van der Waals surface area contributed by atoms with E-state index in [-0.39, 0.29) is 0 Å². The van der Waals surface area contributed by atoms with Gasteiger partial charge < -0.3 is 9.64 Å². The zero-order chi connectivity index (χ0) is 19.8. The second-order valence-corrected chi connectivity index (χ2v) is 8.60. The summed E-state index contributed by atoms with van der Waals surface area (Å²) >= 11 is 0. The van der Waals surface area contributed by atoms with Gasteiger partial charge in [0.25, 0.3) is 0 Å². The molecule has 0 amide bonds. The second-order valence-electron chi connectivity index (χ2n) is 8.60. The van der Waals surface area contributed by atoms with Gasteiger partial charge in [-0.3, -0.25) is 14.5 Å². The lowest BCUT2D eigenvalue weighted by atomic mass is 9.95. The Morgan fingerprint density at radius 1 is 1.11 bits per heavy atom. The third-order valence-electron chi connectivity index (χ3n) is 6.63. The summed E-state index contributed by atoms with van der Waals surface area (Å²) in [6.07, 6.45) is 9.64. The molecule has 28 heavy (non-hydrogen) atoms. The van der Waals surface area contributed by atoms with E-state index in [1.807, 2.05) is 0 Å². The van der Waals surface area contributed by atoms with Crippen LogP contribution in [-0.2, 0) is 17.8 Å². The SMILES string of the molecule is CCN1CCC[C@@H]1CN(Cc1cnn(CC)c1)CC1CCN(CCOC)CC1. The third kappa shape index (κ3) is 6.28. The van der Waals surface area contributed by atoms with Gasteiger partial charge in [-0.1, -0.05) is 6.92 Å². The normalized spacial score (nSPS) is 22.5. The number of aryl methyl sites for hydroxylation is 1. The molecule has 0 N–H and O–H groups in total. The van der Waals surface area contributed by atoms with Gasteiger partial charge in [-0.2, -0.15) is 5.10 Å². The first-order valence-electron chi connectivity index (χ1n) is 11.4. The minimum Gasteiger partial charge on any atom is -0.383 e. The summed E-state index contributed by atoms with van der Waals surface area (Å²) in [5.41, 5.74) is 1.36. The number of likely N-dealkylation sites (tertiary alicyclic amines) is 2. The molecule has 0 unspecified atom stereocenters. The summed E-state index contributed by atoms with van der Waals surface area (Å²) in [5, 5.41) is 4.50. The van der Waals surface area contributed by atoms with Crippen LogP contribution in [0.4, 0.5) is 0 Å². The van der Waals surface area contributed by atoms with E-state index in [0.29, 0.717) is 0 Å². The van der Waals surface area contributed by atoms with E-state index in [0.717, 1.165) is 38.2 Å². The molecule has 2 saturated heterocycles. The molecule has 160 valence electrons. The van der Waals surface area contributed by atoms with E-state index in [9.17, 15) is 0 Å². The molecule has 1 atom stereocenters. The highest BCUT2D eigenvalue weighted by atomic mass is 16.5. The predicted octanol–water partition coefficient (Wildman–Crippen LogP) is 2.55. The summed E-state index contributed by atoms with van der Waals surface area (Å²) < 4.78 is 7.30. The highest BCUT2D eigenvalue weighted by Gasteiger charge is 2.27. The average Bonchev–Trinajstić information content (AvgIpc) is 3.36. The molecule has 0 aliphatic carbocycles. The zero-order valence-electron chi connectivity index (χ0n) is 18.4. The topological polar surface area (TPSA) is 36.8 Å². The second kappa shape index (κ2) is 11.3. The van der Waals surface area contributed by atoms with Gasteiger partial charge in [0.15, 0.2) is 0 Å². The van der Waals surface area contributed by atoms with Crippen LogP contribution in [0.2, 0.25) is 0 Å². The van der Waals surface area contributed by atoms with Gasteiger partial charge in [-0.05, 0) is 64.7 Å². The van der Waals surface area contributed by atoms with Crippen molar-refractivity contribution in [2.45, 2.75) is 58.7 Å². The van der Waals surface area contributed by atoms with Crippen molar-refractivity contribution in [1.29, 1.82) is 0 Å². The van der Waals surface area contributed by atoms with E-state index in [2.05, 4.69) is 50.7 Å². The first kappa shape index (κ1) is 21.8. The van der Waals surface area contributed by atoms with Crippen molar-refractivity contribution < 1.29 is 4.74 Å². The van der Waals surface area contributed by atoms with E-state index < -0.39 is 0 Å². The molecule has 3 heterocycles. The van der Waals surface area contributed by atoms with Crippen molar-refractivity contribution in [3.63, 3.8) is 0 Å². The Labute approximate surface area is 171 Å². The predicted molar refractivity (Wildman–Crippen MR) is 114 cm³/mol. The average molecular weight is 392 g/mol. The van der Waals surface area contributed by atoms with Crippen molar-refractivity contribution in [3.8, 4) is 0 Å². The molecular weight excluding hydrogens is 350 g/mol. The van der Waals surface area contributed by atoms with Crippen molar-refractivity contribution >= 4 is 0 Å². The van der Waals surface area contributed by atoms with Crippen LogP contribution in [0.5, 0.6) is 0 Å². The fraction of sp³-hybridized carbons (Fsp3) is 0.864. The number of nitrogens with zero attached hydrogens (tertiary/aromatic N) is 5. The van der Waals surface area contributed by atoms with Gasteiger partial charge in [0, 0.05) is 57.6 Å². The molecule has 2 fully saturated rings. The lowest BCUT2D eigenvalue weighted by molar-refractivity contribution is 0.0964. The molecular formula is C22H41N5O. The maximum atomic E-state index is 5.25. The summed E-state index contributed by atoms with van der Waals surface area (Å²) in [7, 11) is 1.80. The summed E-state index contributed by atoms with van der Waals surface area (Å²) in [6, 6.07) is 0.730. The highest BCUT2D eigenvalue weighted by Crippen LogP contribution is 2.23. The molecule has 6 nitrogen and oxygen atoms in total.